The fraction of sp³-hybridized carbons (Fsp3) is 0. The molecule has 0 unspecified atom stereocenters. The summed E-state index contributed by atoms with van der Waals surface area (Å²) in [5.74, 6) is -0.583. The highest BCUT2D eigenvalue weighted by molar-refractivity contribution is 7.92. The van der Waals surface area contributed by atoms with Crippen LogP contribution in [0.1, 0.15) is 10.4 Å². The molecular formula is C26H18ClN3O4S2. The van der Waals surface area contributed by atoms with Gasteiger partial charge in [0, 0.05) is 16.8 Å². The fourth-order valence-electron chi connectivity index (χ4n) is 3.56. The first kappa shape index (κ1) is 23.8. The number of hydrogen-bond donors (Lipinski definition) is 3. The lowest BCUT2D eigenvalue weighted by Gasteiger charge is -2.13. The summed E-state index contributed by atoms with van der Waals surface area (Å²) in [4.78, 5) is 17.6. The molecule has 0 bridgehead atoms. The van der Waals surface area contributed by atoms with Crippen LogP contribution in [0, 0.1) is 0 Å². The van der Waals surface area contributed by atoms with Gasteiger partial charge in [0.25, 0.3) is 15.9 Å². The van der Waals surface area contributed by atoms with Crippen LogP contribution in [0.4, 0.5) is 11.4 Å². The van der Waals surface area contributed by atoms with Gasteiger partial charge in [-0.25, -0.2) is 13.4 Å². The summed E-state index contributed by atoms with van der Waals surface area (Å²) in [6.45, 7) is 0. The lowest BCUT2D eigenvalue weighted by atomic mass is 10.1. The SMILES string of the molecule is O=C(Nc1ccc(-c2nc3ccccc3s2)c(O)c1)c1ccccc1NS(=O)(=O)c1ccc(Cl)cc1. The van der Waals surface area contributed by atoms with E-state index in [1.165, 1.54) is 53.8 Å². The number of phenols is 1. The molecule has 7 nitrogen and oxygen atoms in total. The zero-order valence-electron chi connectivity index (χ0n) is 18.5. The number of aromatic nitrogens is 1. The van der Waals surface area contributed by atoms with Crippen molar-refractivity contribution in [3.63, 3.8) is 0 Å². The number of carbonyl (C=O) groups is 1. The summed E-state index contributed by atoms with van der Waals surface area (Å²) in [5, 5.41) is 14.4. The van der Waals surface area contributed by atoms with Crippen LogP contribution in [-0.2, 0) is 10.0 Å². The third kappa shape index (κ3) is 4.90. The molecule has 5 rings (SSSR count). The summed E-state index contributed by atoms with van der Waals surface area (Å²) in [5.41, 5.74) is 1.96. The summed E-state index contributed by atoms with van der Waals surface area (Å²) in [6, 6.07) is 24.4. The van der Waals surface area contributed by atoms with E-state index in [-0.39, 0.29) is 21.9 Å². The topological polar surface area (TPSA) is 108 Å². The number of fused-ring (bicyclic) bond motifs is 1. The predicted octanol–water partition coefficient (Wildman–Crippen LogP) is 6.38. The van der Waals surface area contributed by atoms with Crippen molar-refractivity contribution >= 4 is 60.5 Å². The number of benzene rings is 4. The van der Waals surface area contributed by atoms with E-state index < -0.39 is 15.9 Å². The van der Waals surface area contributed by atoms with Crippen molar-refractivity contribution in [2.45, 2.75) is 4.90 Å². The molecule has 10 heteroatoms. The number of rotatable bonds is 6. The second kappa shape index (κ2) is 9.62. The molecule has 1 aromatic heterocycles. The Kier molecular flexibility index (Phi) is 6.36. The van der Waals surface area contributed by atoms with Gasteiger partial charge in [0.1, 0.15) is 10.8 Å². The molecule has 5 aromatic rings. The minimum absolute atomic E-state index is 0.0115. The van der Waals surface area contributed by atoms with Gasteiger partial charge in [-0.2, -0.15) is 0 Å². The predicted molar refractivity (Wildman–Crippen MR) is 143 cm³/mol. The molecule has 1 amide bonds. The Hall–Kier alpha value is -3.92. The zero-order chi connectivity index (χ0) is 25.3. The normalized spacial score (nSPS) is 11.4. The Labute approximate surface area is 216 Å². The van der Waals surface area contributed by atoms with Crippen molar-refractivity contribution in [1.29, 1.82) is 0 Å². The van der Waals surface area contributed by atoms with Crippen molar-refractivity contribution in [3.8, 4) is 16.3 Å². The molecule has 4 aromatic carbocycles. The van der Waals surface area contributed by atoms with Crippen LogP contribution in [0.15, 0.2) is 95.9 Å². The second-order valence-corrected chi connectivity index (χ2v) is 10.9. The monoisotopic (exact) mass is 535 g/mol. The van der Waals surface area contributed by atoms with E-state index in [1.807, 2.05) is 24.3 Å². The number of carbonyl (C=O) groups excluding carboxylic acids is 1. The number of amides is 1. The first-order valence-electron chi connectivity index (χ1n) is 10.7. The van der Waals surface area contributed by atoms with Crippen LogP contribution in [-0.4, -0.2) is 24.4 Å². The van der Waals surface area contributed by atoms with Gasteiger partial charge in [-0.1, -0.05) is 35.9 Å². The number of thiazole rings is 1. The quantitative estimate of drug-likeness (QED) is 0.234. The largest absolute Gasteiger partial charge is 0.507 e. The number of anilines is 2. The molecule has 0 saturated heterocycles. The van der Waals surface area contributed by atoms with Crippen molar-refractivity contribution in [3.05, 3.63) is 102 Å². The molecule has 36 heavy (non-hydrogen) atoms. The number of hydrogen-bond acceptors (Lipinski definition) is 6. The van der Waals surface area contributed by atoms with E-state index in [2.05, 4.69) is 15.0 Å². The van der Waals surface area contributed by atoms with Crippen LogP contribution >= 0.6 is 22.9 Å². The van der Waals surface area contributed by atoms with Crippen LogP contribution in [0.3, 0.4) is 0 Å². The Balaban J connectivity index is 1.37. The van der Waals surface area contributed by atoms with Gasteiger partial charge >= 0.3 is 0 Å². The molecule has 180 valence electrons. The Morgan fingerprint density at radius 3 is 2.39 bits per heavy atom. The lowest BCUT2D eigenvalue weighted by Crippen LogP contribution is -2.18. The van der Waals surface area contributed by atoms with Gasteiger partial charge in [0.05, 0.1) is 31.9 Å². The third-order valence-electron chi connectivity index (χ3n) is 5.32. The molecule has 0 aliphatic heterocycles. The number of para-hydroxylation sites is 2. The van der Waals surface area contributed by atoms with Gasteiger partial charge in [-0.15, -0.1) is 11.3 Å². The molecule has 0 aliphatic carbocycles. The molecule has 0 fully saturated rings. The molecule has 0 aliphatic rings. The molecule has 0 saturated carbocycles. The van der Waals surface area contributed by atoms with Crippen molar-refractivity contribution in [2.24, 2.45) is 0 Å². The van der Waals surface area contributed by atoms with Gasteiger partial charge < -0.3 is 10.4 Å². The fourth-order valence-corrected chi connectivity index (χ4v) is 5.77. The minimum Gasteiger partial charge on any atom is -0.507 e. The van der Waals surface area contributed by atoms with E-state index in [1.54, 1.807) is 24.3 Å². The Morgan fingerprint density at radius 2 is 1.64 bits per heavy atom. The average molecular weight is 536 g/mol. The highest BCUT2D eigenvalue weighted by atomic mass is 35.5. The van der Waals surface area contributed by atoms with Crippen molar-refractivity contribution in [2.75, 3.05) is 10.0 Å². The number of nitrogens with zero attached hydrogens (tertiary/aromatic N) is 1. The Morgan fingerprint density at radius 1 is 0.917 bits per heavy atom. The summed E-state index contributed by atoms with van der Waals surface area (Å²) >= 11 is 7.31. The highest BCUT2D eigenvalue weighted by Gasteiger charge is 2.19. The maximum atomic E-state index is 13.0. The summed E-state index contributed by atoms with van der Waals surface area (Å²) in [7, 11) is -3.95. The first-order chi connectivity index (χ1) is 17.3. The number of aromatic hydroxyl groups is 1. The molecule has 0 radical (unpaired) electrons. The minimum atomic E-state index is -3.95. The number of sulfonamides is 1. The van der Waals surface area contributed by atoms with Crippen LogP contribution in [0.25, 0.3) is 20.8 Å². The van der Waals surface area contributed by atoms with E-state index in [4.69, 9.17) is 11.6 Å². The van der Waals surface area contributed by atoms with Gasteiger partial charge in [-0.05, 0) is 60.7 Å². The maximum absolute atomic E-state index is 13.0. The van der Waals surface area contributed by atoms with Crippen molar-refractivity contribution in [1.82, 2.24) is 4.98 Å². The summed E-state index contributed by atoms with van der Waals surface area (Å²) < 4.78 is 29.1. The zero-order valence-corrected chi connectivity index (χ0v) is 20.9. The molecule has 3 N–H and O–H groups in total. The number of phenolic OH excluding ortho intramolecular Hbond substituents is 1. The average Bonchev–Trinajstić information content (AvgIpc) is 3.28. The Bertz CT molecular complexity index is 1670. The highest BCUT2D eigenvalue weighted by Crippen LogP contribution is 2.36. The van der Waals surface area contributed by atoms with E-state index in [0.29, 0.717) is 21.3 Å². The standard InChI is InChI=1S/C26H18ClN3O4S2/c27-16-9-12-18(13-10-16)36(33,34)30-21-6-2-1-5-19(21)25(32)28-17-11-14-20(23(31)15-17)26-29-22-7-3-4-8-24(22)35-26/h1-15,30-31H,(H,28,32). The summed E-state index contributed by atoms with van der Waals surface area (Å²) in [6.07, 6.45) is 0. The third-order valence-corrected chi connectivity index (χ3v) is 8.02. The number of halogens is 1. The number of nitrogens with one attached hydrogen (secondary N) is 2. The molecule has 0 atom stereocenters. The van der Waals surface area contributed by atoms with Crippen LogP contribution < -0.4 is 10.0 Å². The van der Waals surface area contributed by atoms with Crippen LogP contribution in [0.5, 0.6) is 5.75 Å². The molecular weight excluding hydrogens is 518 g/mol. The van der Waals surface area contributed by atoms with E-state index in [9.17, 15) is 18.3 Å². The van der Waals surface area contributed by atoms with Gasteiger partial charge in [0.2, 0.25) is 0 Å². The van der Waals surface area contributed by atoms with Gasteiger partial charge in [0.15, 0.2) is 0 Å². The maximum Gasteiger partial charge on any atom is 0.261 e. The van der Waals surface area contributed by atoms with E-state index in [0.717, 1.165) is 10.2 Å². The second-order valence-electron chi connectivity index (χ2n) is 7.78. The van der Waals surface area contributed by atoms with Crippen LogP contribution in [0.2, 0.25) is 5.02 Å². The first-order valence-corrected chi connectivity index (χ1v) is 13.4. The molecule has 1 heterocycles. The lowest BCUT2D eigenvalue weighted by molar-refractivity contribution is 0.102. The van der Waals surface area contributed by atoms with Crippen molar-refractivity contribution < 1.29 is 18.3 Å². The van der Waals surface area contributed by atoms with E-state index >= 15 is 0 Å². The smallest absolute Gasteiger partial charge is 0.261 e. The van der Waals surface area contributed by atoms with Gasteiger partial charge in [-0.3, -0.25) is 9.52 Å². The molecule has 0 spiro atoms.